The molecule has 1 aromatic carbocycles. The summed E-state index contributed by atoms with van der Waals surface area (Å²) in [6.45, 7) is 3.78. The third-order valence-corrected chi connectivity index (χ3v) is 2.85. The fraction of sp³-hybridized carbons (Fsp3) is 0.250. The van der Waals surface area contributed by atoms with Gasteiger partial charge >= 0.3 is 0 Å². The fourth-order valence-electron chi connectivity index (χ4n) is 1.73. The van der Waals surface area contributed by atoms with Gasteiger partial charge in [0, 0.05) is 5.56 Å². The highest BCUT2D eigenvalue weighted by Crippen LogP contribution is 2.33. The molecule has 0 fully saturated rings. The van der Waals surface area contributed by atoms with Crippen LogP contribution < -0.4 is 0 Å². The van der Waals surface area contributed by atoms with Gasteiger partial charge in [-0.15, -0.1) is 0 Å². The molecule has 0 spiro atoms. The lowest BCUT2D eigenvalue weighted by Gasteiger charge is -2.03. The Bertz CT molecular complexity index is 501. The van der Waals surface area contributed by atoms with Crippen LogP contribution in [0.2, 0.25) is 5.02 Å². The van der Waals surface area contributed by atoms with Crippen LogP contribution in [0.15, 0.2) is 22.7 Å². The summed E-state index contributed by atoms with van der Waals surface area (Å²) in [5, 5.41) is 4.23. The van der Waals surface area contributed by atoms with E-state index in [0.29, 0.717) is 22.0 Å². The molecule has 2 nitrogen and oxygen atoms in total. The molecule has 0 saturated carbocycles. The molecule has 0 aliphatic heterocycles. The van der Waals surface area contributed by atoms with E-state index in [9.17, 15) is 4.39 Å². The second kappa shape index (κ2) is 4.26. The van der Waals surface area contributed by atoms with E-state index in [1.165, 1.54) is 6.07 Å². The van der Waals surface area contributed by atoms with Gasteiger partial charge < -0.3 is 4.52 Å². The summed E-state index contributed by atoms with van der Waals surface area (Å²) >= 11 is 5.98. The van der Waals surface area contributed by atoms with Crippen molar-refractivity contribution in [2.24, 2.45) is 0 Å². The van der Waals surface area contributed by atoms with E-state index in [-0.39, 0.29) is 5.82 Å². The average molecular weight is 240 g/mol. The molecule has 2 aromatic rings. The summed E-state index contributed by atoms with van der Waals surface area (Å²) < 4.78 is 18.8. The topological polar surface area (TPSA) is 26.0 Å². The van der Waals surface area contributed by atoms with Crippen molar-refractivity contribution in [2.75, 3.05) is 0 Å². The largest absolute Gasteiger partial charge is 0.361 e. The van der Waals surface area contributed by atoms with Crippen LogP contribution >= 0.6 is 11.6 Å². The number of hydrogen-bond acceptors (Lipinski definition) is 2. The summed E-state index contributed by atoms with van der Waals surface area (Å²) in [6, 6.07) is 4.58. The lowest BCUT2D eigenvalue weighted by Crippen LogP contribution is -1.91. The van der Waals surface area contributed by atoms with Crippen molar-refractivity contribution in [3.8, 4) is 11.3 Å². The van der Waals surface area contributed by atoms with E-state index in [1.807, 2.05) is 13.8 Å². The van der Waals surface area contributed by atoms with Crippen LogP contribution in [-0.4, -0.2) is 5.16 Å². The lowest BCUT2D eigenvalue weighted by molar-refractivity contribution is 0.398. The van der Waals surface area contributed by atoms with Gasteiger partial charge in [-0.25, -0.2) is 4.39 Å². The minimum atomic E-state index is -0.379. The normalized spacial score (nSPS) is 10.8. The molecule has 0 saturated heterocycles. The summed E-state index contributed by atoms with van der Waals surface area (Å²) in [6.07, 6.45) is 0.731. The molecule has 0 aliphatic rings. The predicted molar refractivity (Wildman–Crippen MR) is 61.0 cm³/mol. The Morgan fingerprint density at radius 3 is 2.81 bits per heavy atom. The van der Waals surface area contributed by atoms with Crippen molar-refractivity contribution >= 4 is 11.6 Å². The first-order valence-corrected chi connectivity index (χ1v) is 5.42. The number of aryl methyl sites for hydroxylation is 1. The SMILES string of the molecule is CCc1c(-c2c(F)cccc2Cl)noc1C. The number of benzene rings is 1. The molecular weight excluding hydrogens is 229 g/mol. The zero-order valence-corrected chi connectivity index (χ0v) is 9.81. The van der Waals surface area contributed by atoms with E-state index in [2.05, 4.69) is 5.16 Å². The van der Waals surface area contributed by atoms with E-state index in [0.717, 1.165) is 12.0 Å². The molecule has 0 bridgehead atoms. The van der Waals surface area contributed by atoms with Crippen LogP contribution in [0, 0.1) is 12.7 Å². The van der Waals surface area contributed by atoms with Crippen LogP contribution in [0.5, 0.6) is 0 Å². The first-order chi connectivity index (χ1) is 7.65. The molecule has 0 atom stereocenters. The smallest absolute Gasteiger partial charge is 0.137 e. The van der Waals surface area contributed by atoms with Crippen LogP contribution in [-0.2, 0) is 6.42 Å². The maximum absolute atomic E-state index is 13.7. The Balaban J connectivity index is 2.67. The van der Waals surface area contributed by atoms with Gasteiger partial charge in [-0.05, 0) is 25.5 Å². The Labute approximate surface area is 98.0 Å². The molecule has 0 aliphatic carbocycles. The first kappa shape index (κ1) is 11.1. The number of nitrogens with zero attached hydrogens (tertiary/aromatic N) is 1. The zero-order chi connectivity index (χ0) is 11.7. The van der Waals surface area contributed by atoms with Gasteiger partial charge in [0.1, 0.15) is 17.3 Å². The number of aromatic nitrogens is 1. The summed E-state index contributed by atoms with van der Waals surface area (Å²) in [5.74, 6) is 0.326. The van der Waals surface area contributed by atoms with Crippen LogP contribution in [0.3, 0.4) is 0 Å². The molecule has 1 heterocycles. The predicted octanol–water partition coefficient (Wildman–Crippen LogP) is 4.00. The summed E-state index contributed by atoms with van der Waals surface area (Å²) in [7, 11) is 0. The second-order valence-electron chi connectivity index (χ2n) is 3.52. The number of rotatable bonds is 2. The van der Waals surface area contributed by atoms with E-state index in [4.69, 9.17) is 16.1 Å². The quantitative estimate of drug-likeness (QED) is 0.792. The Morgan fingerprint density at radius 2 is 2.19 bits per heavy atom. The summed E-state index contributed by atoms with van der Waals surface area (Å²) in [4.78, 5) is 0. The van der Waals surface area contributed by atoms with Gasteiger partial charge in [0.15, 0.2) is 0 Å². The van der Waals surface area contributed by atoms with Gasteiger partial charge in [0.2, 0.25) is 0 Å². The second-order valence-corrected chi connectivity index (χ2v) is 3.92. The molecule has 1 aromatic heterocycles. The zero-order valence-electron chi connectivity index (χ0n) is 9.05. The molecule has 16 heavy (non-hydrogen) atoms. The number of halogens is 2. The van der Waals surface area contributed by atoms with Crippen LogP contribution in [0.25, 0.3) is 11.3 Å². The van der Waals surface area contributed by atoms with Gasteiger partial charge in [0.25, 0.3) is 0 Å². The molecule has 2 rings (SSSR count). The molecule has 0 radical (unpaired) electrons. The maximum Gasteiger partial charge on any atom is 0.137 e. The highest BCUT2D eigenvalue weighted by Gasteiger charge is 2.18. The van der Waals surface area contributed by atoms with E-state index < -0.39 is 0 Å². The molecular formula is C12H11ClFNO. The Hall–Kier alpha value is -1.35. The van der Waals surface area contributed by atoms with Gasteiger partial charge in [-0.2, -0.15) is 0 Å². The minimum absolute atomic E-state index is 0.317. The third kappa shape index (κ3) is 1.71. The lowest BCUT2D eigenvalue weighted by atomic mass is 10.0. The molecule has 4 heteroatoms. The standard InChI is InChI=1S/C12H11ClFNO/c1-3-8-7(2)16-15-12(8)11-9(13)5-4-6-10(11)14/h4-6H,3H2,1-2H3. The Morgan fingerprint density at radius 1 is 1.44 bits per heavy atom. The molecule has 84 valence electrons. The van der Waals surface area contributed by atoms with Crippen molar-refractivity contribution in [1.82, 2.24) is 5.16 Å². The van der Waals surface area contributed by atoms with Gasteiger partial charge in [-0.1, -0.05) is 29.7 Å². The molecule has 0 N–H and O–H groups in total. The van der Waals surface area contributed by atoms with Crippen LogP contribution in [0.1, 0.15) is 18.2 Å². The average Bonchev–Trinajstić information content (AvgIpc) is 2.59. The van der Waals surface area contributed by atoms with Gasteiger partial charge in [-0.3, -0.25) is 0 Å². The van der Waals surface area contributed by atoms with Crippen LogP contribution in [0.4, 0.5) is 4.39 Å². The van der Waals surface area contributed by atoms with Gasteiger partial charge in [0.05, 0.1) is 10.6 Å². The van der Waals surface area contributed by atoms with Crippen molar-refractivity contribution < 1.29 is 8.91 Å². The minimum Gasteiger partial charge on any atom is -0.361 e. The summed E-state index contributed by atoms with van der Waals surface area (Å²) in [5.41, 5.74) is 1.72. The molecule has 0 unspecified atom stereocenters. The maximum atomic E-state index is 13.7. The van der Waals surface area contributed by atoms with Crippen molar-refractivity contribution in [2.45, 2.75) is 20.3 Å². The van der Waals surface area contributed by atoms with E-state index in [1.54, 1.807) is 12.1 Å². The molecule has 0 amide bonds. The highest BCUT2D eigenvalue weighted by atomic mass is 35.5. The van der Waals surface area contributed by atoms with Crippen molar-refractivity contribution in [1.29, 1.82) is 0 Å². The van der Waals surface area contributed by atoms with Crippen molar-refractivity contribution in [3.63, 3.8) is 0 Å². The highest BCUT2D eigenvalue weighted by molar-refractivity contribution is 6.33. The van der Waals surface area contributed by atoms with Crippen molar-refractivity contribution in [3.05, 3.63) is 40.4 Å². The first-order valence-electron chi connectivity index (χ1n) is 5.04. The fourth-order valence-corrected chi connectivity index (χ4v) is 1.98. The monoisotopic (exact) mass is 239 g/mol. The van der Waals surface area contributed by atoms with E-state index >= 15 is 0 Å². The number of hydrogen-bond donors (Lipinski definition) is 0. The third-order valence-electron chi connectivity index (χ3n) is 2.54. The Kier molecular flexibility index (Phi) is 2.97.